The van der Waals surface area contributed by atoms with Crippen molar-refractivity contribution >= 4 is 11.9 Å². The maximum absolute atomic E-state index is 10.6. The van der Waals surface area contributed by atoms with Crippen LogP contribution in [0.2, 0.25) is 0 Å². The first-order valence-corrected chi connectivity index (χ1v) is 4.00. The SMILES string of the molecule is Cc1cc(C(=O)O)oc1C(C)C(=O)O. The third-order valence-electron chi connectivity index (χ3n) is 1.93. The highest BCUT2D eigenvalue weighted by Crippen LogP contribution is 2.23. The van der Waals surface area contributed by atoms with Crippen molar-refractivity contribution in [2.75, 3.05) is 0 Å². The Bertz CT molecular complexity index is 377. The number of carbonyl (C=O) groups is 2. The Morgan fingerprint density at radius 2 is 2.00 bits per heavy atom. The fourth-order valence-electron chi connectivity index (χ4n) is 1.14. The Morgan fingerprint density at radius 3 is 2.36 bits per heavy atom. The monoisotopic (exact) mass is 198 g/mol. The van der Waals surface area contributed by atoms with Crippen LogP contribution in [0, 0.1) is 6.92 Å². The molecular weight excluding hydrogens is 188 g/mol. The number of hydrogen-bond acceptors (Lipinski definition) is 3. The summed E-state index contributed by atoms with van der Waals surface area (Å²) in [7, 11) is 0. The minimum absolute atomic E-state index is 0.190. The Morgan fingerprint density at radius 1 is 1.43 bits per heavy atom. The Hall–Kier alpha value is -1.78. The summed E-state index contributed by atoms with van der Waals surface area (Å²) in [4.78, 5) is 21.1. The van der Waals surface area contributed by atoms with Crippen LogP contribution in [0.1, 0.15) is 34.7 Å². The highest BCUT2D eigenvalue weighted by Gasteiger charge is 2.22. The van der Waals surface area contributed by atoms with Gasteiger partial charge in [0.2, 0.25) is 5.76 Å². The molecule has 0 spiro atoms. The normalized spacial score (nSPS) is 12.4. The fourth-order valence-corrected chi connectivity index (χ4v) is 1.14. The maximum atomic E-state index is 10.6. The topological polar surface area (TPSA) is 87.7 Å². The van der Waals surface area contributed by atoms with Gasteiger partial charge in [0.1, 0.15) is 11.7 Å². The summed E-state index contributed by atoms with van der Waals surface area (Å²) in [6, 6.07) is 1.32. The van der Waals surface area contributed by atoms with E-state index in [0.717, 1.165) is 0 Å². The Kier molecular flexibility index (Phi) is 2.60. The molecule has 0 aliphatic carbocycles. The van der Waals surface area contributed by atoms with Gasteiger partial charge in [-0.15, -0.1) is 0 Å². The van der Waals surface area contributed by atoms with Crippen LogP contribution in [0.5, 0.6) is 0 Å². The molecule has 76 valence electrons. The van der Waals surface area contributed by atoms with E-state index >= 15 is 0 Å². The molecule has 0 bridgehead atoms. The van der Waals surface area contributed by atoms with Gasteiger partial charge in [-0.05, 0) is 25.5 Å². The van der Waals surface area contributed by atoms with E-state index in [4.69, 9.17) is 14.6 Å². The van der Waals surface area contributed by atoms with Gasteiger partial charge in [0.25, 0.3) is 0 Å². The molecule has 2 N–H and O–H groups in total. The van der Waals surface area contributed by atoms with Crippen molar-refractivity contribution in [2.45, 2.75) is 19.8 Å². The zero-order chi connectivity index (χ0) is 10.9. The molecule has 1 heterocycles. The molecule has 0 fully saturated rings. The summed E-state index contributed by atoms with van der Waals surface area (Å²) in [5.41, 5.74) is 0.539. The fraction of sp³-hybridized carbons (Fsp3) is 0.333. The van der Waals surface area contributed by atoms with Crippen LogP contribution in [0.4, 0.5) is 0 Å². The van der Waals surface area contributed by atoms with Crippen LogP contribution in [-0.2, 0) is 4.79 Å². The number of hydrogen-bond donors (Lipinski definition) is 2. The standard InChI is InChI=1S/C9H10O5/c1-4-3-6(9(12)13)14-7(4)5(2)8(10)11/h3,5H,1-2H3,(H,10,11)(H,12,13). The molecule has 0 aliphatic heterocycles. The van der Waals surface area contributed by atoms with Gasteiger partial charge in [-0.3, -0.25) is 4.79 Å². The summed E-state index contributed by atoms with van der Waals surface area (Å²) in [6.07, 6.45) is 0. The first kappa shape index (κ1) is 10.3. The molecule has 5 heteroatoms. The van der Waals surface area contributed by atoms with E-state index < -0.39 is 17.9 Å². The van der Waals surface area contributed by atoms with E-state index in [-0.39, 0.29) is 11.5 Å². The van der Waals surface area contributed by atoms with E-state index in [1.54, 1.807) is 6.92 Å². The van der Waals surface area contributed by atoms with Gasteiger partial charge >= 0.3 is 11.9 Å². The second kappa shape index (κ2) is 3.53. The summed E-state index contributed by atoms with van der Waals surface area (Å²) in [5, 5.41) is 17.3. The number of rotatable bonds is 3. The van der Waals surface area contributed by atoms with Crippen molar-refractivity contribution in [3.63, 3.8) is 0 Å². The van der Waals surface area contributed by atoms with Crippen molar-refractivity contribution in [1.82, 2.24) is 0 Å². The lowest BCUT2D eigenvalue weighted by molar-refractivity contribution is -0.138. The first-order chi connectivity index (χ1) is 6.43. The molecule has 1 aromatic heterocycles. The summed E-state index contributed by atoms with van der Waals surface area (Å²) < 4.78 is 4.92. The third kappa shape index (κ3) is 1.76. The summed E-state index contributed by atoms with van der Waals surface area (Å²) in [5.74, 6) is -3.11. The number of aliphatic carboxylic acids is 1. The van der Waals surface area contributed by atoms with E-state index in [1.807, 2.05) is 0 Å². The quantitative estimate of drug-likeness (QED) is 0.767. The average molecular weight is 198 g/mol. The molecule has 1 rings (SSSR count). The number of carboxylic acids is 2. The van der Waals surface area contributed by atoms with E-state index in [2.05, 4.69) is 0 Å². The number of aromatic carboxylic acids is 1. The van der Waals surface area contributed by atoms with E-state index in [9.17, 15) is 9.59 Å². The van der Waals surface area contributed by atoms with Crippen molar-refractivity contribution in [3.05, 3.63) is 23.2 Å². The van der Waals surface area contributed by atoms with E-state index in [1.165, 1.54) is 13.0 Å². The van der Waals surface area contributed by atoms with Gasteiger partial charge in [-0.2, -0.15) is 0 Å². The van der Waals surface area contributed by atoms with Gasteiger partial charge < -0.3 is 14.6 Å². The molecular formula is C9H10O5. The van der Waals surface area contributed by atoms with Crippen molar-refractivity contribution < 1.29 is 24.2 Å². The molecule has 0 aromatic carbocycles. The number of aryl methyl sites for hydroxylation is 1. The van der Waals surface area contributed by atoms with Crippen molar-refractivity contribution in [3.8, 4) is 0 Å². The van der Waals surface area contributed by atoms with Crippen molar-refractivity contribution in [1.29, 1.82) is 0 Å². The average Bonchev–Trinajstić information content (AvgIpc) is 2.46. The van der Waals surface area contributed by atoms with Gasteiger partial charge in [0, 0.05) is 0 Å². The minimum Gasteiger partial charge on any atom is -0.481 e. The van der Waals surface area contributed by atoms with Crippen LogP contribution in [0.25, 0.3) is 0 Å². The molecule has 1 unspecified atom stereocenters. The Balaban J connectivity index is 3.10. The van der Waals surface area contributed by atoms with Crippen LogP contribution >= 0.6 is 0 Å². The zero-order valence-electron chi connectivity index (χ0n) is 7.77. The lowest BCUT2D eigenvalue weighted by Gasteiger charge is -2.02. The molecule has 1 atom stereocenters. The van der Waals surface area contributed by atoms with Gasteiger partial charge in [-0.25, -0.2) is 4.79 Å². The van der Waals surface area contributed by atoms with Gasteiger partial charge in [-0.1, -0.05) is 0 Å². The molecule has 0 radical (unpaired) electrons. The third-order valence-corrected chi connectivity index (χ3v) is 1.93. The van der Waals surface area contributed by atoms with Gasteiger partial charge in [0.05, 0.1) is 0 Å². The lowest BCUT2D eigenvalue weighted by Crippen LogP contribution is -2.07. The first-order valence-electron chi connectivity index (χ1n) is 4.00. The second-order valence-corrected chi connectivity index (χ2v) is 3.02. The van der Waals surface area contributed by atoms with Gasteiger partial charge in [0.15, 0.2) is 0 Å². The minimum atomic E-state index is -1.20. The molecule has 1 aromatic rings. The predicted molar refractivity (Wildman–Crippen MR) is 46.5 cm³/mol. The predicted octanol–water partition coefficient (Wildman–Crippen LogP) is 1.47. The molecule has 0 saturated heterocycles. The molecule has 14 heavy (non-hydrogen) atoms. The van der Waals surface area contributed by atoms with Crippen LogP contribution < -0.4 is 0 Å². The zero-order valence-corrected chi connectivity index (χ0v) is 7.77. The number of carboxylic acid groups (broad SMARTS) is 2. The molecule has 5 nitrogen and oxygen atoms in total. The summed E-state index contributed by atoms with van der Waals surface area (Å²) in [6.45, 7) is 3.06. The maximum Gasteiger partial charge on any atom is 0.371 e. The lowest BCUT2D eigenvalue weighted by atomic mass is 10.1. The van der Waals surface area contributed by atoms with E-state index in [0.29, 0.717) is 5.56 Å². The van der Waals surface area contributed by atoms with Crippen molar-refractivity contribution in [2.24, 2.45) is 0 Å². The number of furan rings is 1. The van der Waals surface area contributed by atoms with Crippen LogP contribution in [0.3, 0.4) is 0 Å². The highest BCUT2D eigenvalue weighted by atomic mass is 16.4. The Labute approximate surface area is 80.0 Å². The highest BCUT2D eigenvalue weighted by molar-refractivity contribution is 5.85. The molecule has 0 saturated carbocycles. The largest absolute Gasteiger partial charge is 0.481 e. The van der Waals surface area contributed by atoms with Crippen LogP contribution in [0.15, 0.2) is 10.5 Å². The molecule has 0 aliphatic rings. The second-order valence-electron chi connectivity index (χ2n) is 3.02. The smallest absolute Gasteiger partial charge is 0.371 e. The summed E-state index contributed by atoms with van der Waals surface area (Å²) >= 11 is 0. The van der Waals surface area contributed by atoms with Crippen LogP contribution in [-0.4, -0.2) is 22.2 Å². The molecule has 0 amide bonds.